The summed E-state index contributed by atoms with van der Waals surface area (Å²) < 4.78 is 38.6. The highest BCUT2D eigenvalue weighted by atomic mass is 32.2. The summed E-state index contributed by atoms with van der Waals surface area (Å²) in [5.74, 6) is -0.291. The number of thioether (sulfide) groups is 1. The molecule has 1 aromatic heterocycles. The van der Waals surface area contributed by atoms with E-state index in [1.165, 1.54) is 12.1 Å². The third kappa shape index (κ3) is 5.28. The van der Waals surface area contributed by atoms with Crippen molar-refractivity contribution < 1.29 is 23.1 Å². The molecule has 1 atom stereocenters. The Bertz CT molecular complexity index is 1330. The molecule has 8 heteroatoms. The Kier molecular flexibility index (Phi) is 6.70. The number of fused-ring (bicyclic) bond motifs is 1. The van der Waals surface area contributed by atoms with Crippen LogP contribution in [0.5, 0.6) is 0 Å². The number of alkyl halides is 3. The van der Waals surface area contributed by atoms with Gasteiger partial charge in [0.2, 0.25) is 0 Å². The number of nitrogens with zero attached hydrogens (tertiary/aromatic N) is 1. The first-order valence-electron chi connectivity index (χ1n) is 10.8. The summed E-state index contributed by atoms with van der Waals surface area (Å²) >= 11 is 1.67. The van der Waals surface area contributed by atoms with Crippen molar-refractivity contribution in [1.82, 2.24) is 9.97 Å². The lowest BCUT2D eigenvalue weighted by Gasteiger charge is -2.14. The van der Waals surface area contributed by atoms with Crippen LogP contribution in [0.4, 0.5) is 13.2 Å². The maximum Gasteiger partial charge on any atom is 0.416 e. The summed E-state index contributed by atoms with van der Waals surface area (Å²) in [7, 11) is 0. The van der Waals surface area contributed by atoms with Crippen LogP contribution >= 0.6 is 11.8 Å². The van der Waals surface area contributed by atoms with Crippen LogP contribution in [0.15, 0.2) is 65.6 Å². The van der Waals surface area contributed by atoms with Crippen LogP contribution in [-0.4, -0.2) is 21.0 Å². The molecule has 0 aliphatic heterocycles. The number of carbonyl (C=O) groups is 1. The van der Waals surface area contributed by atoms with Gasteiger partial charge < -0.3 is 10.1 Å². The summed E-state index contributed by atoms with van der Waals surface area (Å²) in [6, 6.07) is 16.9. The smallest absolute Gasteiger partial charge is 0.416 e. The Morgan fingerprint density at radius 2 is 1.85 bits per heavy atom. The van der Waals surface area contributed by atoms with Crippen LogP contribution < -0.4 is 0 Å². The fourth-order valence-electron chi connectivity index (χ4n) is 3.87. The topological polar surface area (TPSA) is 66.0 Å². The molecule has 2 N–H and O–H groups in total. The Morgan fingerprint density at radius 1 is 1.12 bits per heavy atom. The van der Waals surface area contributed by atoms with E-state index in [-0.39, 0.29) is 11.7 Å². The number of rotatable bonds is 7. The third-order valence-corrected chi connectivity index (χ3v) is 6.84. The number of benzene rings is 3. The minimum absolute atomic E-state index is 0.0664. The zero-order valence-electron chi connectivity index (χ0n) is 18.6. The van der Waals surface area contributed by atoms with Crippen molar-refractivity contribution in [1.29, 1.82) is 0 Å². The molecule has 0 aliphatic rings. The molecule has 0 aliphatic carbocycles. The number of nitrogens with one attached hydrogen (secondary N) is 1. The van der Waals surface area contributed by atoms with E-state index >= 15 is 0 Å². The molecular formula is C26H23F3N2O2S. The molecule has 0 amide bonds. The Balaban J connectivity index is 1.57. The van der Waals surface area contributed by atoms with E-state index in [0.29, 0.717) is 17.8 Å². The van der Waals surface area contributed by atoms with Gasteiger partial charge in [0.25, 0.3) is 0 Å². The van der Waals surface area contributed by atoms with Gasteiger partial charge in [0.15, 0.2) is 0 Å². The van der Waals surface area contributed by atoms with Gasteiger partial charge in [0, 0.05) is 22.1 Å². The lowest BCUT2D eigenvalue weighted by molar-refractivity contribution is -0.138. The second-order valence-corrected chi connectivity index (χ2v) is 9.56. The minimum atomic E-state index is -4.38. The van der Waals surface area contributed by atoms with E-state index in [9.17, 15) is 18.0 Å². The number of halogens is 3. The van der Waals surface area contributed by atoms with E-state index in [2.05, 4.69) is 18.0 Å². The molecule has 1 heterocycles. The molecule has 4 aromatic rings. The highest BCUT2D eigenvalue weighted by molar-refractivity contribution is 7.99. The van der Waals surface area contributed by atoms with Crippen LogP contribution in [0.25, 0.3) is 22.4 Å². The Labute approximate surface area is 199 Å². The van der Waals surface area contributed by atoms with Crippen molar-refractivity contribution in [2.75, 3.05) is 0 Å². The summed E-state index contributed by atoms with van der Waals surface area (Å²) in [6.07, 6.45) is -3.77. The molecule has 0 spiro atoms. The summed E-state index contributed by atoms with van der Waals surface area (Å²) in [4.78, 5) is 19.8. The number of para-hydroxylation sites is 1. The second-order valence-electron chi connectivity index (χ2n) is 8.15. The van der Waals surface area contributed by atoms with Gasteiger partial charge in [-0.3, -0.25) is 4.79 Å². The molecule has 0 fully saturated rings. The molecule has 34 heavy (non-hydrogen) atoms. The van der Waals surface area contributed by atoms with Gasteiger partial charge in [-0.25, -0.2) is 4.98 Å². The molecule has 1 unspecified atom stereocenters. The van der Waals surface area contributed by atoms with Gasteiger partial charge in [-0.05, 0) is 67.3 Å². The first kappa shape index (κ1) is 23.9. The number of H-pyrrole nitrogens is 1. The number of hydrogen-bond acceptors (Lipinski definition) is 3. The average Bonchev–Trinajstić information content (AvgIpc) is 3.22. The van der Waals surface area contributed by atoms with Crippen molar-refractivity contribution >= 4 is 28.8 Å². The van der Waals surface area contributed by atoms with Crippen molar-refractivity contribution in [3.63, 3.8) is 0 Å². The van der Waals surface area contributed by atoms with Crippen molar-refractivity contribution in [2.45, 2.75) is 43.0 Å². The monoisotopic (exact) mass is 484 g/mol. The molecule has 4 rings (SSSR count). The molecule has 4 nitrogen and oxygen atoms in total. The number of aromatic amines is 1. The molecule has 0 radical (unpaired) electrons. The van der Waals surface area contributed by atoms with E-state index in [1.54, 1.807) is 11.8 Å². The first-order chi connectivity index (χ1) is 16.1. The number of carboxylic acids is 1. The number of aryl methyl sites for hydroxylation is 2. The summed E-state index contributed by atoms with van der Waals surface area (Å²) in [5.41, 5.74) is 4.60. The quantitative estimate of drug-likeness (QED) is 0.268. The third-order valence-electron chi connectivity index (χ3n) is 5.70. The lowest BCUT2D eigenvalue weighted by atomic mass is 10.0. The average molecular weight is 485 g/mol. The molecule has 0 saturated carbocycles. The number of hydrogen-bond donors (Lipinski definition) is 2. The fourth-order valence-corrected chi connectivity index (χ4v) is 4.98. The Morgan fingerprint density at radius 3 is 2.50 bits per heavy atom. The summed E-state index contributed by atoms with van der Waals surface area (Å²) in [5, 5.41) is 8.98. The van der Waals surface area contributed by atoms with Crippen LogP contribution in [0.1, 0.15) is 40.8 Å². The van der Waals surface area contributed by atoms with E-state index < -0.39 is 17.7 Å². The maximum atomic E-state index is 12.9. The normalized spacial score (nSPS) is 12.7. The SMILES string of the molecule is Cc1cc(SC(C)c2cccc3[nH]c(-c4ccc(C(F)(F)F)cc4)nc23)ccc1CCC(=O)O. The molecule has 0 bridgehead atoms. The minimum Gasteiger partial charge on any atom is -0.481 e. The highest BCUT2D eigenvalue weighted by Gasteiger charge is 2.30. The zero-order chi connectivity index (χ0) is 24.5. The molecule has 3 aromatic carbocycles. The van der Waals surface area contributed by atoms with Gasteiger partial charge in [0.1, 0.15) is 5.82 Å². The first-order valence-corrected chi connectivity index (χ1v) is 11.6. The van der Waals surface area contributed by atoms with Crippen molar-refractivity contribution in [2.24, 2.45) is 0 Å². The molecular weight excluding hydrogens is 461 g/mol. The van der Waals surface area contributed by atoms with Crippen molar-refractivity contribution in [3.05, 3.63) is 82.9 Å². The van der Waals surface area contributed by atoms with Crippen LogP contribution in [-0.2, 0) is 17.4 Å². The van der Waals surface area contributed by atoms with Crippen molar-refractivity contribution in [3.8, 4) is 11.4 Å². The zero-order valence-corrected chi connectivity index (χ0v) is 19.4. The van der Waals surface area contributed by atoms with Gasteiger partial charge in [0.05, 0.1) is 16.6 Å². The number of aliphatic carboxylic acids is 1. The lowest BCUT2D eigenvalue weighted by Crippen LogP contribution is -2.04. The standard InChI is InChI=1S/C26H23F3N2O2S/c1-15-14-20(12-8-17(15)9-13-23(32)33)34-16(2)21-4-3-5-22-24(21)31-25(30-22)18-6-10-19(11-7-18)26(27,28)29/h3-8,10-12,14,16H,9,13H2,1-2H3,(H,30,31)(H,32,33). The predicted octanol–water partition coefficient (Wildman–Crippen LogP) is 7.43. The molecule has 176 valence electrons. The number of imidazole rings is 1. The summed E-state index contributed by atoms with van der Waals surface area (Å²) in [6.45, 7) is 4.07. The van der Waals surface area contributed by atoms with Gasteiger partial charge in [-0.1, -0.05) is 30.3 Å². The Hall–Kier alpha value is -3.26. The highest BCUT2D eigenvalue weighted by Crippen LogP contribution is 2.39. The van der Waals surface area contributed by atoms with Gasteiger partial charge in [-0.2, -0.15) is 13.2 Å². The predicted molar refractivity (Wildman–Crippen MR) is 128 cm³/mol. The second kappa shape index (κ2) is 9.54. The fraction of sp³-hybridized carbons (Fsp3) is 0.231. The van der Waals surface area contributed by atoms with E-state index in [1.807, 2.05) is 37.3 Å². The number of aromatic nitrogens is 2. The maximum absolute atomic E-state index is 12.9. The van der Waals surface area contributed by atoms with Crippen LogP contribution in [0.2, 0.25) is 0 Å². The largest absolute Gasteiger partial charge is 0.481 e. The van der Waals surface area contributed by atoms with Gasteiger partial charge in [-0.15, -0.1) is 11.8 Å². The van der Waals surface area contributed by atoms with Crippen LogP contribution in [0.3, 0.4) is 0 Å². The molecule has 0 saturated heterocycles. The number of carboxylic acid groups (broad SMARTS) is 1. The van der Waals surface area contributed by atoms with Crippen LogP contribution in [0, 0.1) is 6.92 Å². The van der Waals surface area contributed by atoms with E-state index in [4.69, 9.17) is 10.1 Å². The van der Waals surface area contributed by atoms with Gasteiger partial charge >= 0.3 is 12.1 Å². The van der Waals surface area contributed by atoms with E-state index in [0.717, 1.165) is 44.8 Å².